The van der Waals surface area contributed by atoms with Gasteiger partial charge in [-0.3, -0.25) is 4.79 Å². The van der Waals surface area contributed by atoms with Crippen molar-refractivity contribution in [2.24, 2.45) is 5.73 Å². The van der Waals surface area contributed by atoms with Crippen LogP contribution in [0.25, 0.3) is 11.3 Å². The molecule has 0 bridgehead atoms. The Hall–Kier alpha value is -3.41. The molecule has 6 heteroatoms. The largest absolute Gasteiger partial charge is 0.496 e. The summed E-state index contributed by atoms with van der Waals surface area (Å²) in [4.78, 5) is 20.3. The van der Waals surface area contributed by atoms with Gasteiger partial charge in [-0.25, -0.2) is 9.97 Å². The molecule has 0 unspecified atom stereocenters. The predicted octanol–water partition coefficient (Wildman–Crippen LogP) is 2.85. The van der Waals surface area contributed by atoms with Crippen molar-refractivity contribution < 1.29 is 14.3 Å². The summed E-state index contributed by atoms with van der Waals surface area (Å²) in [6, 6.07) is 14.9. The molecule has 0 aliphatic rings. The van der Waals surface area contributed by atoms with Crippen molar-refractivity contribution in [2.45, 2.75) is 6.42 Å². The lowest BCUT2D eigenvalue weighted by molar-refractivity contribution is 0.0997. The van der Waals surface area contributed by atoms with E-state index in [0.29, 0.717) is 17.7 Å². The Balaban J connectivity index is 1.92. The summed E-state index contributed by atoms with van der Waals surface area (Å²) in [5.74, 6) is 0.678. The van der Waals surface area contributed by atoms with Crippen LogP contribution in [0.15, 0.2) is 54.9 Å². The second-order valence-corrected chi connectivity index (χ2v) is 5.67. The number of nitrogens with two attached hydrogens (primary N) is 1. The maximum atomic E-state index is 11.6. The normalized spacial score (nSPS) is 10.4. The number of aromatic nitrogens is 2. The minimum atomic E-state index is -0.527. The lowest BCUT2D eigenvalue weighted by atomic mass is 10.0. The fourth-order valence-corrected chi connectivity index (χ4v) is 2.76. The molecule has 2 N–H and O–H groups in total. The first-order valence-corrected chi connectivity index (χ1v) is 8.03. The molecule has 0 aliphatic heterocycles. The summed E-state index contributed by atoms with van der Waals surface area (Å²) in [6.07, 6.45) is 2.06. The molecule has 1 heterocycles. The van der Waals surface area contributed by atoms with Crippen LogP contribution in [0, 0.1) is 0 Å². The number of carbonyl (C=O) groups excluding carboxylic acids is 1. The number of ether oxygens (including phenoxy) is 2. The third kappa shape index (κ3) is 3.64. The Morgan fingerprint density at radius 2 is 1.77 bits per heavy atom. The SMILES string of the molecule is COc1ccc(Cc2cc(-c3ccccc3OC)ncn2)cc1C(N)=O. The summed E-state index contributed by atoms with van der Waals surface area (Å²) < 4.78 is 10.6. The van der Waals surface area contributed by atoms with Crippen molar-refractivity contribution in [3.05, 3.63) is 71.7 Å². The second-order valence-electron chi connectivity index (χ2n) is 5.67. The van der Waals surface area contributed by atoms with Crippen LogP contribution >= 0.6 is 0 Å². The topological polar surface area (TPSA) is 87.3 Å². The summed E-state index contributed by atoms with van der Waals surface area (Å²) >= 11 is 0. The molecular formula is C20H19N3O3. The first-order valence-electron chi connectivity index (χ1n) is 8.03. The minimum absolute atomic E-state index is 0.351. The van der Waals surface area contributed by atoms with Gasteiger partial charge in [-0.2, -0.15) is 0 Å². The monoisotopic (exact) mass is 349 g/mol. The van der Waals surface area contributed by atoms with Gasteiger partial charge in [0.15, 0.2) is 0 Å². The number of methoxy groups -OCH3 is 2. The van der Waals surface area contributed by atoms with Gasteiger partial charge < -0.3 is 15.2 Å². The van der Waals surface area contributed by atoms with Crippen molar-refractivity contribution in [1.82, 2.24) is 9.97 Å². The van der Waals surface area contributed by atoms with Crippen LogP contribution in [0.4, 0.5) is 0 Å². The number of primary amides is 1. The van der Waals surface area contributed by atoms with Crippen LogP contribution in [0.1, 0.15) is 21.6 Å². The van der Waals surface area contributed by atoms with Gasteiger partial charge in [-0.05, 0) is 35.9 Å². The summed E-state index contributed by atoms with van der Waals surface area (Å²) in [5.41, 5.74) is 9.17. The highest BCUT2D eigenvalue weighted by molar-refractivity contribution is 5.95. The maximum absolute atomic E-state index is 11.6. The molecule has 0 saturated heterocycles. The molecule has 3 aromatic rings. The quantitative estimate of drug-likeness (QED) is 0.739. The van der Waals surface area contributed by atoms with Gasteiger partial charge in [0.2, 0.25) is 0 Å². The Morgan fingerprint density at radius 1 is 1.00 bits per heavy atom. The maximum Gasteiger partial charge on any atom is 0.252 e. The highest BCUT2D eigenvalue weighted by atomic mass is 16.5. The van der Waals surface area contributed by atoms with Gasteiger partial charge in [0, 0.05) is 17.7 Å². The number of para-hydroxylation sites is 1. The lowest BCUT2D eigenvalue weighted by Gasteiger charge is -2.10. The number of rotatable bonds is 6. The van der Waals surface area contributed by atoms with E-state index >= 15 is 0 Å². The van der Waals surface area contributed by atoms with Gasteiger partial charge in [0.1, 0.15) is 17.8 Å². The first-order chi connectivity index (χ1) is 12.6. The lowest BCUT2D eigenvalue weighted by Crippen LogP contribution is -2.13. The highest BCUT2D eigenvalue weighted by Crippen LogP contribution is 2.28. The molecule has 1 amide bonds. The number of hydrogen-bond donors (Lipinski definition) is 1. The van der Waals surface area contributed by atoms with Crippen LogP contribution in [-0.4, -0.2) is 30.1 Å². The number of nitrogens with zero attached hydrogens (tertiary/aromatic N) is 2. The fraction of sp³-hybridized carbons (Fsp3) is 0.150. The number of amides is 1. The molecule has 0 spiro atoms. The smallest absolute Gasteiger partial charge is 0.252 e. The van der Waals surface area contributed by atoms with E-state index < -0.39 is 5.91 Å². The van der Waals surface area contributed by atoms with E-state index in [-0.39, 0.29) is 0 Å². The summed E-state index contributed by atoms with van der Waals surface area (Å²) in [6.45, 7) is 0. The number of benzene rings is 2. The predicted molar refractivity (Wildman–Crippen MR) is 98.3 cm³/mol. The summed E-state index contributed by atoms with van der Waals surface area (Å²) in [5, 5.41) is 0. The van der Waals surface area contributed by atoms with Crippen LogP contribution in [-0.2, 0) is 6.42 Å². The third-order valence-electron chi connectivity index (χ3n) is 4.02. The molecule has 0 saturated carbocycles. The number of hydrogen-bond acceptors (Lipinski definition) is 5. The molecule has 6 nitrogen and oxygen atoms in total. The molecule has 1 aromatic heterocycles. The second kappa shape index (κ2) is 7.65. The van der Waals surface area contributed by atoms with Crippen molar-refractivity contribution in [2.75, 3.05) is 14.2 Å². The van der Waals surface area contributed by atoms with Gasteiger partial charge in [0.25, 0.3) is 5.91 Å². The molecule has 132 valence electrons. The Kier molecular flexibility index (Phi) is 5.12. The molecule has 2 aromatic carbocycles. The van der Waals surface area contributed by atoms with E-state index in [1.54, 1.807) is 19.2 Å². The van der Waals surface area contributed by atoms with E-state index in [4.69, 9.17) is 15.2 Å². The Labute approximate surface area is 151 Å². The fourth-order valence-electron chi connectivity index (χ4n) is 2.76. The van der Waals surface area contributed by atoms with E-state index in [0.717, 1.165) is 28.3 Å². The van der Waals surface area contributed by atoms with Crippen LogP contribution in [0.3, 0.4) is 0 Å². The molecule has 0 radical (unpaired) electrons. The van der Waals surface area contributed by atoms with Crippen molar-refractivity contribution in [3.63, 3.8) is 0 Å². The molecule has 26 heavy (non-hydrogen) atoms. The summed E-state index contributed by atoms with van der Waals surface area (Å²) in [7, 11) is 3.13. The van der Waals surface area contributed by atoms with Crippen LogP contribution in [0.5, 0.6) is 11.5 Å². The van der Waals surface area contributed by atoms with Crippen molar-refractivity contribution in [1.29, 1.82) is 0 Å². The van der Waals surface area contributed by atoms with Crippen molar-refractivity contribution in [3.8, 4) is 22.8 Å². The Bertz CT molecular complexity index is 941. The minimum Gasteiger partial charge on any atom is -0.496 e. The van der Waals surface area contributed by atoms with Crippen LogP contribution in [0.2, 0.25) is 0 Å². The average molecular weight is 349 g/mol. The Morgan fingerprint density at radius 3 is 2.50 bits per heavy atom. The average Bonchev–Trinajstić information content (AvgIpc) is 2.68. The highest BCUT2D eigenvalue weighted by Gasteiger charge is 2.12. The molecular weight excluding hydrogens is 330 g/mol. The van der Waals surface area contributed by atoms with Gasteiger partial charge in [-0.15, -0.1) is 0 Å². The van der Waals surface area contributed by atoms with Crippen molar-refractivity contribution >= 4 is 5.91 Å². The van der Waals surface area contributed by atoms with Gasteiger partial charge in [-0.1, -0.05) is 18.2 Å². The zero-order chi connectivity index (χ0) is 18.5. The standard InChI is InChI=1S/C20H19N3O3/c1-25-18-6-4-3-5-15(18)17-11-14(22-12-23-17)9-13-7-8-19(26-2)16(10-13)20(21)24/h3-8,10-12H,9H2,1-2H3,(H2,21,24). The molecule has 0 aliphatic carbocycles. The number of carbonyl (C=O) groups is 1. The first kappa shape index (κ1) is 17.4. The molecule has 0 atom stereocenters. The van der Waals surface area contributed by atoms with Crippen LogP contribution < -0.4 is 15.2 Å². The van der Waals surface area contributed by atoms with E-state index in [1.165, 1.54) is 13.4 Å². The third-order valence-corrected chi connectivity index (χ3v) is 4.02. The van der Waals surface area contributed by atoms with Gasteiger partial charge >= 0.3 is 0 Å². The van der Waals surface area contributed by atoms with E-state index in [2.05, 4.69) is 9.97 Å². The van der Waals surface area contributed by atoms with E-state index in [1.807, 2.05) is 36.4 Å². The zero-order valence-corrected chi connectivity index (χ0v) is 14.6. The van der Waals surface area contributed by atoms with E-state index in [9.17, 15) is 4.79 Å². The van der Waals surface area contributed by atoms with Gasteiger partial charge in [0.05, 0.1) is 25.5 Å². The molecule has 0 fully saturated rings. The zero-order valence-electron chi connectivity index (χ0n) is 14.6. The molecule has 3 rings (SSSR count).